The fraction of sp³-hybridized carbons (Fsp3) is 0.440. The molecule has 0 bridgehead atoms. The molecule has 0 aliphatic carbocycles. The number of nitrogens with zero attached hydrogens (tertiary/aromatic N) is 6. The first kappa shape index (κ1) is 24.6. The van der Waals surface area contributed by atoms with Gasteiger partial charge < -0.3 is 10.6 Å². The number of thiophene rings is 1. The second kappa shape index (κ2) is 10.1. The van der Waals surface area contributed by atoms with E-state index in [0.29, 0.717) is 11.4 Å². The third kappa shape index (κ3) is 5.67. The lowest BCUT2D eigenvalue weighted by molar-refractivity contribution is -0.126. The Bertz CT molecular complexity index is 1270. The highest BCUT2D eigenvalue weighted by Gasteiger charge is 2.44. The first-order valence-electron chi connectivity index (χ1n) is 11.9. The quantitative estimate of drug-likeness (QED) is 0.372. The predicted molar refractivity (Wildman–Crippen MR) is 138 cm³/mol. The zero-order chi connectivity index (χ0) is 25.2. The highest BCUT2D eigenvalue weighted by atomic mass is 32.1. The molecule has 2 aliphatic rings. The van der Waals surface area contributed by atoms with Crippen molar-refractivity contribution in [3.8, 4) is 0 Å². The average Bonchev–Trinajstić information content (AvgIpc) is 3.54. The second-order valence-corrected chi connectivity index (χ2v) is 10.7. The highest BCUT2D eigenvalue weighted by Crippen LogP contribution is 2.43. The van der Waals surface area contributed by atoms with Gasteiger partial charge in [-0.05, 0) is 36.6 Å². The molecule has 190 valence electrons. The van der Waals surface area contributed by atoms with E-state index in [1.165, 1.54) is 24.6 Å². The average molecular weight is 516 g/mol. The maximum absolute atomic E-state index is 12.9. The predicted octanol–water partition coefficient (Wildman–Crippen LogP) is 4.41. The standard InChI is InChI=1S/C25H28F3N7S/c26-25(27,28)10-20-9-21-22(32-17-33-23(21)36-20)35-7-5-24(14-35)4-6-34(13-24)12-19-3-1-2-18(8-19)11-30-16-31-15-29/h1-3,8-9,15-17H,4-7,10-14H2,(H2,29,30,31). The lowest BCUT2D eigenvalue weighted by Gasteiger charge is -2.25. The third-order valence-corrected chi connectivity index (χ3v) is 7.94. The Kier molecular flexibility index (Phi) is 6.94. The number of halogens is 3. The molecule has 1 spiro atoms. The number of nitrogens with two attached hydrogens (primary N) is 1. The fourth-order valence-electron chi connectivity index (χ4n) is 5.36. The van der Waals surface area contributed by atoms with Gasteiger partial charge in [-0.15, -0.1) is 11.3 Å². The summed E-state index contributed by atoms with van der Waals surface area (Å²) in [6.07, 6.45) is 1.13. The Labute approximate surface area is 211 Å². The van der Waals surface area contributed by atoms with Crippen molar-refractivity contribution in [2.75, 3.05) is 31.1 Å². The van der Waals surface area contributed by atoms with Crippen LogP contribution in [0.25, 0.3) is 10.2 Å². The number of likely N-dealkylation sites (tertiary alicyclic amines) is 1. The number of hydrogen-bond acceptors (Lipinski definition) is 6. The SMILES string of the molecule is NC=NC=NCc1cccc(CN2CCC3(CCN(c4ncnc5sc(CC(F)(F)F)cc45)C3)C2)c1. The second-order valence-electron chi connectivity index (χ2n) is 9.63. The van der Waals surface area contributed by atoms with Crippen LogP contribution in [-0.4, -0.2) is 59.9 Å². The number of hydrogen-bond donors (Lipinski definition) is 1. The topological polar surface area (TPSA) is 83.0 Å². The lowest BCUT2D eigenvalue weighted by Crippen LogP contribution is -2.31. The molecule has 1 atom stereocenters. The van der Waals surface area contributed by atoms with Gasteiger partial charge in [-0.3, -0.25) is 9.89 Å². The van der Waals surface area contributed by atoms with Gasteiger partial charge in [0.05, 0.1) is 24.7 Å². The Morgan fingerprint density at radius 1 is 1.11 bits per heavy atom. The molecule has 0 saturated carbocycles. The van der Waals surface area contributed by atoms with Gasteiger partial charge in [0.1, 0.15) is 23.3 Å². The van der Waals surface area contributed by atoms with Crippen molar-refractivity contribution in [2.24, 2.45) is 21.1 Å². The van der Waals surface area contributed by atoms with Crippen LogP contribution in [0.5, 0.6) is 0 Å². The molecule has 0 amide bonds. The summed E-state index contributed by atoms with van der Waals surface area (Å²) in [4.78, 5) is 22.4. The number of anilines is 1. The minimum atomic E-state index is -4.23. The van der Waals surface area contributed by atoms with E-state index in [2.05, 4.69) is 54.0 Å². The van der Waals surface area contributed by atoms with Crippen LogP contribution in [0.4, 0.5) is 19.0 Å². The van der Waals surface area contributed by atoms with Crippen molar-refractivity contribution in [1.29, 1.82) is 0 Å². The first-order chi connectivity index (χ1) is 17.3. The smallest absolute Gasteiger partial charge is 0.390 e. The summed E-state index contributed by atoms with van der Waals surface area (Å²) in [5.41, 5.74) is 7.78. The molecule has 2 fully saturated rings. The maximum Gasteiger partial charge on any atom is 0.393 e. The summed E-state index contributed by atoms with van der Waals surface area (Å²) < 4.78 is 38.7. The normalized spacial score (nSPS) is 21.2. The Morgan fingerprint density at radius 3 is 2.78 bits per heavy atom. The maximum atomic E-state index is 12.9. The molecule has 2 N–H and O–H groups in total. The molecular formula is C25H28F3N7S. The van der Waals surface area contributed by atoms with Crippen LogP contribution >= 0.6 is 11.3 Å². The lowest BCUT2D eigenvalue weighted by atomic mass is 9.86. The van der Waals surface area contributed by atoms with Crippen molar-refractivity contribution in [3.63, 3.8) is 0 Å². The number of fused-ring (bicyclic) bond motifs is 1. The van der Waals surface area contributed by atoms with Crippen molar-refractivity contribution >= 4 is 40.0 Å². The molecular weight excluding hydrogens is 487 g/mol. The van der Waals surface area contributed by atoms with Crippen LogP contribution in [0, 0.1) is 5.41 Å². The zero-order valence-corrected chi connectivity index (χ0v) is 20.6. The van der Waals surface area contributed by atoms with Crippen LogP contribution in [-0.2, 0) is 19.5 Å². The van der Waals surface area contributed by atoms with Crippen LogP contribution in [0.15, 0.2) is 46.6 Å². The molecule has 2 aromatic heterocycles. The van der Waals surface area contributed by atoms with Crippen LogP contribution in [0.3, 0.4) is 0 Å². The van der Waals surface area contributed by atoms with E-state index in [1.807, 2.05) is 0 Å². The third-order valence-electron chi connectivity index (χ3n) is 6.90. The zero-order valence-electron chi connectivity index (χ0n) is 19.8. The Balaban J connectivity index is 1.24. The van der Waals surface area contributed by atoms with Gasteiger partial charge in [-0.1, -0.05) is 24.3 Å². The van der Waals surface area contributed by atoms with E-state index in [0.717, 1.165) is 73.7 Å². The molecule has 1 unspecified atom stereocenters. The molecule has 5 rings (SSSR count). The molecule has 11 heteroatoms. The molecule has 2 saturated heterocycles. The van der Waals surface area contributed by atoms with Crippen LogP contribution in [0.1, 0.15) is 28.8 Å². The van der Waals surface area contributed by atoms with Crippen molar-refractivity contribution < 1.29 is 13.2 Å². The van der Waals surface area contributed by atoms with Gasteiger partial charge in [-0.2, -0.15) is 13.2 Å². The number of benzene rings is 1. The summed E-state index contributed by atoms with van der Waals surface area (Å²) in [5, 5.41) is 0.727. The van der Waals surface area contributed by atoms with Gasteiger partial charge in [0.25, 0.3) is 0 Å². The van der Waals surface area contributed by atoms with Gasteiger partial charge in [0, 0.05) is 36.5 Å². The Morgan fingerprint density at radius 2 is 1.94 bits per heavy atom. The van der Waals surface area contributed by atoms with Gasteiger partial charge in [0.15, 0.2) is 0 Å². The molecule has 1 aromatic carbocycles. The molecule has 2 aliphatic heterocycles. The summed E-state index contributed by atoms with van der Waals surface area (Å²) >= 11 is 1.10. The molecule has 4 heterocycles. The van der Waals surface area contributed by atoms with E-state index in [4.69, 9.17) is 5.73 Å². The number of alkyl halides is 3. The molecule has 0 radical (unpaired) electrons. The summed E-state index contributed by atoms with van der Waals surface area (Å²) in [6, 6.07) is 10.1. The summed E-state index contributed by atoms with van der Waals surface area (Å²) in [6.45, 7) is 5.16. The monoisotopic (exact) mass is 515 g/mol. The van der Waals surface area contributed by atoms with E-state index in [-0.39, 0.29) is 10.3 Å². The fourth-order valence-corrected chi connectivity index (χ4v) is 6.38. The van der Waals surface area contributed by atoms with Gasteiger partial charge in [-0.25, -0.2) is 15.0 Å². The molecule has 7 nitrogen and oxygen atoms in total. The Hall–Kier alpha value is -3.05. The molecule has 36 heavy (non-hydrogen) atoms. The highest BCUT2D eigenvalue weighted by molar-refractivity contribution is 7.18. The first-order valence-corrected chi connectivity index (χ1v) is 12.7. The minimum absolute atomic E-state index is 0.171. The summed E-state index contributed by atoms with van der Waals surface area (Å²) in [7, 11) is 0. The summed E-state index contributed by atoms with van der Waals surface area (Å²) in [5.74, 6) is 0.757. The van der Waals surface area contributed by atoms with E-state index in [9.17, 15) is 13.2 Å². The number of aromatic nitrogens is 2. The van der Waals surface area contributed by atoms with Gasteiger partial charge >= 0.3 is 6.18 Å². The van der Waals surface area contributed by atoms with Crippen LogP contribution < -0.4 is 10.6 Å². The number of rotatable bonds is 7. The van der Waals surface area contributed by atoms with Crippen molar-refractivity contribution in [2.45, 2.75) is 38.5 Å². The molecule has 3 aromatic rings. The number of aliphatic imine (C=N–C) groups is 2. The minimum Gasteiger partial charge on any atom is -0.390 e. The van der Waals surface area contributed by atoms with Crippen LogP contribution in [0.2, 0.25) is 0 Å². The van der Waals surface area contributed by atoms with Crippen molar-refractivity contribution in [3.05, 3.63) is 52.7 Å². The van der Waals surface area contributed by atoms with E-state index in [1.54, 1.807) is 6.07 Å². The van der Waals surface area contributed by atoms with Gasteiger partial charge in [0.2, 0.25) is 0 Å². The van der Waals surface area contributed by atoms with E-state index >= 15 is 0 Å². The largest absolute Gasteiger partial charge is 0.393 e. The van der Waals surface area contributed by atoms with Crippen molar-refractivity contribution in [1.82, 2.24) is 14.9 Å². The van der Waals surface area contributed by atoms with E-state index < -0.39 is 12.6 Å².